The van der Waals surface area contributed by atoms with Crippen LogP contribution in [0.25, 0.3) is 0 Å². The van der Waals surface area contributed by atoms with E-state index < -0.39 is 12.1 Å². The SMILES string of the molecule is O=C1O[C@@H](C/C(=N/Nc2ccccc2)c2ccccc2)C(Cl)=C1Cl. The second kappa shape index (κ2) is 7.51. The summed E-state index contributed by atoms with van der Waals surface area (Å²) in [5.41, 5.74) is 5.48. The minimum absolute atomic E-state index is 0.0647. The van der Waals surface area contributed by atoms with Crippen LogP contribution >= 0.6 is 23.2 Å². The number of anilines is 1. The monoisotopic (exact) mass is 360 g/mol. The van der Waals surface area contributed by atoms with Crippen LogP contribution in [0.15, 0.2) is 75.8 Å². The Bertz CT molecular complexity index is 789. The van der Waals surface area contributed by atoms with Crippen LogP contribution in [0.1, 0.15) is 12.0 Å². The van der Waals surface area contributed by atoms with Crippen LogP contribution in [0.4, 0.5) is 5.69 Å². The van der Waals surface area contributed by atoms with Crippen LogP contribution in [0.3, 0.4) is 0 Å². The molecule has 0 saturated carbocycles. The summed E-state index contributed by atoms with van der Waals surface area (Å²) in [4.78, 5) is 11.5. The Labute approximate surface area is 149 Å². The molecule has 2 aromatic rings. The number of halogens is 2. The molecule has 3 rings (SSSR count). The highest BCUT2D eigenvalue weighted by molar-refractivity contribution is 6.48. The van der Waals surface area contributed by atoms with Gasteiger partial charge in [-0.05, 0) is 17.7 Å². The zero-order chi connectivity index (χ0) is 16.9. The van der Waals surface area contributed by atoms with Gasteiger partial charge in [0.15, 0.2) is 0 Å². The van der Waals surface area contributed by atoms with Gasteiger partial charge in [-0.15, -0.1) is 0 Å². The van der Waals surface area contributed by atoms with Gasteiger partial charge in [0.2, 0.25) is 0 Å². The maximum atomic E-state index is 11.5. The van der Waals surface area contributed by atoms with Gasteiger partial charge in [0, 0.05) is 6.42 Å². The maximum Gasteiger partial charge on any atom is 0.351 e. The minimum atomic E-state index is -0.622. The van der Waals surface area contributed by atoms with Crippen LogP contribution in [-0.4, -0.2) is 17.8 Å². The molecule has 0 fully saturated rings. The second-order valence-electron chi connectivity index (χ2n) is 5.16. The first kappa shape index (κ1) is 16.6. The third-order valence-electron chi connectivity index (χ3n) is 3.50. The zero-order valence-corrected chi connectivity index (χ0v) is 14.1. The zero-order valence-electron chi connectivity index (χ0n) is 12.6. The summed E-state index contributed by atoms with van der Waals surface area (Å²) in [5.74, 6) is -0.602. The van der Waals surface area contributed by atoms with E-state index in [1.54, 1.807) is 0 Å². The Morgan fingerprint density at radius 1 is 1.04 bits per heavy atom. The van der Waals surface area contributed by atoms with Crippen molar-refractivity contribution in [1.82, 2.24) is 0 Å². The molecule has 4 nitrogen and oxygen atoms in total. The molecular formula is C18H14Cl2N2O2. The minimum Gasteiger partial charge on any atom is -0.452 e. The number of ether oxygens (including phenoxy) is 1. The summed E-state index contributed by atoms with van der Waals surface area (Å²) in [6, 6.07) is 19.2. The first-order valence-electron chi connectivity index (χ1n) is 7.34. The highest BCUT2D eigenvalue weighted by Gasteiger charge is 2.33. The Morgan fingerprint density at radius 3 is 2.25 bits per heavy atom. The van der Waals surface area contributed by atoms with Gasteiger partial charge >= 0.3 is 5.97 Å². The number of carbonyl (C=O) groups is 1. The van der Waals surface area contributed by atoms with Crippen LogP contribution in [0, 0.1) is 0 Å². The van der Waals surface area contributed by atoms with E-state index in [4.69, 9.17) is 27.9 Å². The molecule has 0 unspecified atom stereocenters. The summed E-state index contributed by atoms with van der Waals surface area (Å²) >= 11 is 11.9. The smallest absolute Gasteiger partial charge is 0.351 e. The van der Waals surface area contributed by atoms with E-state index in [-0.39, 0.29) is 10.1 Å². The summed E-state index contributed by atoms with van der Waals surface area (Å²) in [7, 11) is 0. The highest BCUT2D eigenvalue weighted by Crippen LogP contribution is 2.31. The molecule has 6 heteroatoms. The quantitative estimate of drug-likeness (QED) is 0.484. The number of nitrogens with one attached hydrogen (secondary N) is 1. The number of benzene rings is 2. The fourth-order valence-corrected chi connectivity index (χ4v) is 2.65. The van der Waals surface area contributed by atoms with E-state index >= 15 is 0 Å². The normalized spacial score (nSPS) is 17.8. The van der Waals surface area contributed by atoms with Crippen molar-refractivity contribution in [3.63, 3.8) is 0 Å². The number of nitrogens with zero attached hydrogens (tertiary/aromatic N) is 1. The number of hydrazone groups is 1. The summed E-state index contributed by atoms with van der Waals surface area (Å²) in [6.07, 6.45) is -0.298. The summed E-state index contributed by atoms with van der Waals surface area (Å²) < 4.78 is 5.20. The van der Waals surface area contributed by atoms with Crippen molar-refractivity contribution in [2.45, 2.75) is 12.5 Å². The Morgan fingerprint density at radius 2 is 1.67 bits per heavy atom. The molecule has 24 heavy (non-hydrogen) atoms. The predicted molar refractivity (Wildman–Crippen MR) is 96.3 cm³/mol. The van der Waals surface area contributed by atoms with Gasteiger partial charge in [-0.1, -0.05) is 71.7 Å². The number of hydrogen-bond donors (Lipinski definition) is 1. The van der Waals surface area contributed by atoms with Crippen LogP contribution in [-0.2, 0) is 9.53 Å². The van der Waals surface area contributed by atoms with Crippen molar-refractivity contribution in [2.24, 2.45) is 5.10 Å². The van der Waals surface area contributed by atoms with Crippen molar-refractivity contribution >= 4 is 40.6 Å². The van der Waals surface area contributed by atoms with Crippen LogP contribution in [0.2, 0.25) is 0 Å². The van der Waals surface area contributed by atoms with Crippen LogP contribution in [0.5, 0.6) is 0 Å². The molecule has 0 aromatic heterocycles. The average Bonchev–Trinajstić information content (AvgIpc) is 2.87. The molecule has 2 aromatic carbocycles. The third-order valence-corrected chi connectivity index (χ3v) is 4.39. The highest BCUT2D eigenvalue weighted by atomic mass is 35.5. The molecule has 1 aliphatic rings. The molecule has 0 aliphatic carbocycles. The molecule has 1 heterocycles. The number of cyclic esters (lactones) is 1. The van der Waals surface area contributed by atoms with Gasteiger partial charge in [0.05, 0.1) is 16.4 Å². The fraction of sp³-hybridized carbons (Fsp3) is 0.111. The first-order chi connectivity index (χ1) is 11.6. The van der Waals surface area contributed by atoms with Crippen molar-refractivity contribution in [3.05, 3.63) is 76.3 Å². The predicted octanol–water partition coefficient (Wildman–Crippen LogP) is 4.51. The number of rotatable bonds is 5. The summed E-state index contributed by atoms with van der Waals surface area (Å²) in [6.45, 7) is 0. The Hall–Kier alpha value is -2.30. The molecule has 1 aliphatic heterocycles. The standard InChI is InChI=1S/C18H14Cl2N2O2/c19-16-15(24-18(23)17(16)20)11-14(12-7-3-1-4-8-12)22-21-13-9-5-2-6-10-13/h1-10,15,21H,11H2/b22-14-/t15-/m0/s1. The lowest BCUT2D eigenvalue weighted by molar-refractivity contribution is -0.138. The Kier molecular flexibility index (Phi) is 5.18. The van der Waals surface area contributed by atoms with Crippen molar-refractivity contribution < 1.29 is 9.53 Å². The number of hydrogen-bond acceptors (Lipinski definition) is 4. The second-order valence-corrected chi connectivity index (χ2v) is 5.95. The van der Waals surface area contributed by atoms with E-state index in [0.717, 1.165) is 11.3 Å². The van der Waals surface area contributed by atoms with Gasteiger partial charge in [-0.25, -0.2) is 4.79 Å². The number of para-hydroxylation sites is 1. The number of esters is 1. The van der Waals surface area contributed by atoms with Gasteiger partial charge in [0.1, 0.15) is 11.1 Å². The molecule has 0 saturated heterocycles. The van der Waals surface area contributed by atoms with Crippen LogP contribution < -0.4 is 5.43 Å². The summed E-state index contributed by atoms with van der Waals surface area (Å²) in [5, 5.41) is 4.61. The molecule has 0 radical (unpaired) electrons. The lowest BCUT2D eigenvalue weighted by atomic mass is 10.0. The van der Waals surface area contributed by atoms with E-state index in [9.17, 15) is 4.79 Å². The molecule has 1 atom stereocenters. The molecule has 0 bridgehead atoms. The number of carbonyl (C=O) groups excluding carboxylic acids is 1. The molecular weight excluding hydrogens is 347 g/mol. The van der Waals surface area contributed by atoms with Gasteiger partial charge < -0.3 is 4.74 Å². The molecule has 0 spiro atoms. The topological polar surface area (TPSA) is 50.7 Å². The van der Waals surface area contributed by atoms with Gasteiger partial charge in [-0.2, -0.15) is 5.10 Å². The molecule has 122 valence electrons. The lowest BCUT2D eigenvalue weighted by Gasteiger charge is -2.13. The van der Waals surface area contributed by atoms with E-state index in [0.29, 0.717) is 12.1 Å². The Balaban J connectivity index is 1.85. The van der Waals surface area contributed by atoms with Crippen molar-refractivity contribution in [1.29, 1.82) is 0 Å². The molecule has 1 N–H and O–H groups in total. The van der Waals surface area contributed by atoms with E-state index in [1.807, 2.05) is 60.7 Å². The van der Waals surface area contributed by atoms with Crippen molar-refractivity contribution in [2.75, 3.05) is 5.43 Å². The van der Waals surface area contributed by atoms with E-state index in [2.05, 4.69) is 10.5 Å². The third kappa shape index (κ3) is 3.78. The van der Waals surface area contributed by atoms with Gasteiger partial charge in [0.25, 0.3) is 0 Å². The van der Waals surface area contributed by atoms with Gasteiger partial charge in [-0.3, -0.25) is 5.43 Å². The maximum absolute atomic E-state index is 11.5. The fourth-order valence-electron chi connectivity index (χ4n) is 2.28. The lowest BCUT2D eigenvalue weighted by Crippen LogP contribution is -2.17. The largest absolute Gasteiger partial charge is 0.452 e. The van der Waals surface area contributed by atoms with E-state index in [1.165, 1.54) is 0 Å². The average molecular weight is 361 g/mol. The molecule has 0 amide bonds. The van der Waals surface area contributed by atoms with Crippen molar-refractivity contribution in [3.8, 4) is 0 Å². The first-order valence-corrected chi connectivity index (χ1v) is 8.10.